The lowest BCUT2D eigenvalue weighted by molar-refractivity contribution is 0.117. The maximum Gasteiger partial charge on any atom is 0.122 e. The molecule has 0 aliphatic carbocycles. The predicted octanol–water partition coefficient (Wildman–Crippen LogP) is 2.57. The second-order valence-corrected chi connectivity index (χ2v) is 6.11. The summed E-state index contributed by atoms with van der Waals surface area (Å²) in [5, 5.41) is 3.48. The fraction of sp³-hybridized carbons (Fsp3) is 0.647. The summed E-state index contributed by atoms with van der Waals surface area (Å²) in [4.78, 5) is 0. The van der Waals surface area contributed by atoms with Crippen molar-refractivity contribution in [1.82, 2.24) is 5.32 Å². The van der Waals surface area contributed by atoms with Crippen LogP contribution < -0.4 is 10.1 Å². The Balaban J connectivity index is 1.57. The molecular formula is C17H25NO2. The summed E-state index contributed by atoms with van der Waals surface area (Å²) in [5.74, 6) is 1.74. The molecule has 0 aromatic heterocycles. The number of benzene rings is 1. The van der Waals surface area contributed by atoms with Crippen molar-refractivity contribution in [2.75, 3.05) is 20.3 Å². The Morgan fingerprint density at radius 3 is 3.05 bits per heavy atom. The molecule has 0 radical (unpaired) electrons. The van der Waals surface area contributed by atoms with Crippen LogP contribution in [0, 0.1) is 5.92 Å². The zero-order chi connectivity index (χ0) is 13.9. The molecule has 1 N–H and O–H groups in total. The van der Waals surface area contributed by atoms with Crippen LogP contribution in [0.4, 0.5) is 0 Å². The van der Waals surface area contributed by atoms with Gasteiger partial charge in [-0.25, -0.2) is 0 Å². The summed E-state index contributed by atoms with van der Waals surface area (Å²) in [5.41, 5.74) is 2.81. The van der Waals surface area contributed by atoms with Gasteiger partial charge >= 0.3 is 0 Å². The average molecular weight is 275 g/mol. The molecule has 0 amide bonds. The minimum Gasteiger partial charge on any atom is -0.493 e. The van der Waals surface area contributed by atoms with Crippen LogP contribution >= 0.6 is 0 Å². The van der Waals surface area contributed by atoms with Gasteiger partial charge in [-0.05, 0) is 50.4 Å². The van der Waals surface area contributed by atoms with E-state index in [4.69, 9.17) is 9.47 Å². The van der Waals surface area contributed by atoms with Gasteiger partial charge < -0.3 is 14.8 Å². The van der Waals surface area contributed by atoms with E-state index in [1.54, 1.807) is 0 Å². The number of hydrogen-bond donors (Lipinski definition) is 1. The van der Waals surface area contributed by atoms with Gasteiger partial charge in [0.15, 0.2) is 0 Å². The Kier molecular flexibility index (Phi) is 4.27. The monoisotopic (exact) mass is 275 g/mol. The zero-order valence-electron chi connectivity index (χ0n) is 12.5. The van der Waals surface area contributed by atoms with E-state index in [1.807, 2.05) is 0 Å². The van der Waals surface area contributed by atoms with E-state index >= 15 is 0 Å². The van der Waals surface area contributed by atoms with E-state index in [0.29, 0.717) is 18.1 Å². The van der Waals surface area contributed by atoms with Crippen molar-refractivity contribution in [3.05, 3.63) is 29.3 Å². The van der Waals surface area contributed by atoms with E-state index in [9.17, 15) is 0 Å². The summed E-state index contributed by atoms with van der Waals surface area (Å²) in [7, 11) is 2.07. The molecule has 0 spiro atoms. The molecule has 3 heteroatoms. The molecule has 1 aromatic carbocycles. The molecular weight excluding hydrogens is 250 g/mol. The highest BCUT2D eigenvalue weighted by Crippen LogP contribution is 2.28. The number of ether oxygens (including phenoxy) is 2. The zero-order valence-corrected chi connectivity index (χ0v) is 12.5. The third-order valence-electron chi connectivity index (χ3n) is 4.67. The SMILES string of the molecule is CNC(CCc1ccc2c(c1)CCO2)C1COC(C)C1. The van der Waals surface area contributed by atoms with Crippen LogP contribution in [0.25, 0.3) is 0 Å². The van der Waals surface area contributed by atoms with Crippen LogP contribution in [0.3, 0.4) is 0 Å². The number of aryl methyl sites for hydroxylation is 1. The van der Waals surface area contributed by atoms with Crippen molar-refractivity contribution in [2.24, 2.45) is 5.92 Å². The van der Waals surface area contributed by atoms with Gasteiger partial charge in [0.25, 0.3) is 0 Å². The van der Waals surface area contributed by atoms with Crippen LogP contribution in [0.15, 0.2) is 18.2 Å². The fourth-order valence-electron chi connectivity index (χ4n) is 3.46. The van der Waals surface area contributed by atoms with Gasteiger partial charge in [0, 0.05) is 18.4 Å². The van der Waals surface area contributed by atoms with Crippen LogP contribution in [-0.4, -0.2) is 32.4 Å². The smallest absolute Gasteiger partial charge is 0.122 e. The Bertz CT molecular complexity index is 460. The second kappa shape index (κ2) is 6.15. The molecule has 110 valence electrons. The van der Waals surface area contributed by atoms with Crippen LogP contribution in [0.2, 0.25) is 0 Å². The molecule has 2 aliphatic heterocycles. The summed E-state index contributed by atoms with van der Waals surface area (Å²) in [6, 6.07) is 7.23. The van der Waals surface area contributed by atoms with Crippen LogP contribution in [-0.2, 0) is 17.6 Å². The topological polar surface area (TPSA) is 30.5 Å². The first-order valence-electron chi connectivity index (χ1n) is 7.79. The van der Waals surface area contributed by atoms with Gasteiger partial charge in [0.2, 0.25) is 0 Å². The van der Waals surface area contributed by atoms with Crippen molar-refractivity contribution in [2.45, 2.75) is 44.8 Å². The maximum absolute atomic E-state index is 5.70. The van der Waals surface area contributed by atoms with Gasteiger partial charge in [0.05, 0.1) is 19.3 Å². The number of hydrogen-bond acceptors (Lipinski definition) is 3. The fourth-order valence-corrected chi connectivity index (χ4v) is 3.46. The molecule has 1 aromatic rings. The van der Waals surface area contributed by atoms with Crippen molar-refractivity contribution in [1.29, 1.82) is 0 Å². The lowest BCUT2D eigenvalue weighted by Crippen LogP contribution is -2.34. The molecule has 2 heterocycles. The van der Waals surface area contributed by atoms with Gasteiger partial charge in [-0.15, -0.1) is 0 Å². The highest BCUT2D eigenvalue weighted by Gasteiger charge is 2.28. The Hall–Kier alpha value is -1.06. The van der Waals surface area contributed by atoms with Crippen molar-refractivity contribution < 1.29 is 9.47 Å². The Morgan fingerprint density at radius 2 is 2.30 bits per heavy atom. The molecule has 3 unspecified atom stereocenters. The molecule has 3 rings (SSSR count). The summed E-state index contributed by atoms with van der Waals surface area (Å²) in [6.07, 6.45) is 4.98. The largest absolute Gasteiger partial charge is 0.493 e. The lowest BCUT2D eigenvalue weighted by atomic mass is 9.91. The van der Waals surface area contributed by atoms with Crippen molar-refractivity contribution in [3.8, 4) is 5.75 Å². The average Bonchev–Trinajstić information content (AvgIpc) is 3.08. The van der Waals surface area contributed by atoms with E-state index in [-0.39, 0.29) is 0 Å². The summed E-state index contributed by atoms with van der Waals surface area (Å²) >= 11 is 0. The van der Waals surface area contributed by atoms with Gasteiger partial charge in [0.1, 0.15) is 5.75 Å². The molecule has 0 saturated carbocycles. The quantitative estimate of drug-likeness (QED) is 0.896. The van der Waals surface area contributed by atoms with Gasteiger partial charge in [-0.1, -0.05) is 12.1 Å². The second-order valence-electron chi connectivity index (χ2n) is 6.11. The number of nitrogens with one attached hydrogen (secondary N) is 1. The molecule has 3 nitrogen and oxygen atoms in total. The summed E-state index contributed by atoms with van der Waals surface area (Å²) in [6.45, 7) is 3.92. The molecule has 2 aliphatic rings. The first-order chi connectivity index (χ1) is 9.76. The highest BCUT2D eigenvalue weighted by molar-refractivity contribution is 5.39. The normalized spacial score (nSPS) is 26.3. The van der Waals surface area contributed by atoms with Gasteiger partial charge in [-0.3, -0.25) is 0 Å². The molecule has 20 heavy (non-hydrogen) atoms. The standard InChI is InChI=1S/C17H25NO2/c1-12-9-15(11-20-12)16(18-2)5-3-13-4-6-17-14(10-13)7-8-19-17/h4,6,10,12,15-16,18H,3,5,7-9,11H2,1-2H3. The van der Waals surface area contributed by atoms with Crippen LogP contribution in [0.5, 0.6) is 5.75 Å². The number of rotatable bonds is 5. The molecule has 1 saturated heterocycles. The minimum absolute atomic E-state index is 0.424. The van der Waals surface area contributed by atoms with Gasteiger partial charge in [-0.2, -0.15) is 0 Å². The van der Waals surface area contributed by atoms with Crippen molar-refractivity contribution >= 4 is 0 Å². The van der Waals surface area contributed by atoms with Crippen molar-refractivity contribution in [3.63, 3.8) is 0 Å². The first kappa shape index (κ1) is 13.9. The minimum atomic E-state index is 0.424. The van der Waals surface area contributed by atoms with E-state index in [0.717, 1.165) is 31.8 Å². The van der Waals surface area contributed by atoms with E-state index < -0.39 is 0 Å². The first-order valence-corrected chi connectivity index (χ1v) is 7.79. The predicted molar refractivity (Wildman–Crippen MR) is 80.3 cm³/mol. The molecule has 1 fully saturated rings. The highest BCUT2D eigenvalue weighted by atomic mass is 16.5. The molecule has 0 bridgehead atoms. The number of fused-ring (bicyclic) bond motifs is 1. The Morgan fingerprint density at radius 1 is 1.40 bits per heavy atom. The lowest BCUT2D eigenvalue weighted by Gasteiger charge is -2.22. The van der Waals surface area contributed by atoms with E-state index in [1.165, 1.54) is 24.0 Å². The van der Waals surface area contributed by atoms with Crippen LogP contribution in [0.1, 0.15) is 30.9 Å². The third kappa shape index (κ3) is 2.99. The van der Waals surface area contributed by atoms with E-state index in [2.05, 4.69) is 37.5 Å². The molecule has 3 atom stereocenters. The maximum atomic E-state index is 5.70. The Labute approximate surface area is 121 Å². The third-order valence-corrected chi connectivity index (χ3v) is 4.67. The summed E-state index contributed by atoms with van der Waals surface area (Å²) < 4.78 is 11.3.